The topological polar surface area (TPSA) is 46.2 Å². The summed E-state index contributed by atoms with van der Waals surface area (Å²) in [5.74, 6) is -0.246. The van der Waals surface area contributed by atoms with Gasteiger partial charge in [-0.25, -0.2) is 4.39 Å². The first-order chi connectivity index (χ1) is 5.65. The van der Waals surface area contributed by atoms with Crippen LogP contribution < -0.4 is 5.73 Å². The Balaban J connectivity index is 2.96. The van der Waals surface area contributed by atoms with Crippen LogP contribution in [0.2, 0.25) is 0 Å². The molecular weight excluding hydrogens is 157 g/mol. The van der Waals surface area contributed by atoms with E-state index in [9.17, 15) is 4.39 Å². The van der Waals surface area contributed by atoms with E-state index in [1.165, 1.54) is 6.07 Å². The average Bonchev–Trinajstić information content (AvgIpc) is 2.08. The Hall–Kier alpha value is -0.930. The third-order valence-corrected chi connectivity index (χ3v) is 1.81. The van der Waals surface area contributed by atoms with Gasteiger partial charge in [0.2, 0.25) is 0 Å². The van der Waals surface area contributed by atoms with Gasteiger partial charge in [-0.1, -0.05) is 12.1 Å². The van der Waals surface area contributed by atoms with Crippen LogP contribution in [-0.4, -0.2) is 11.7 Å². The third-order valence-electron chi connectivity index (χ3n) is 1.81. The third kappa shape index (κ3) is 1.81. The Kier molecular flexibility index (Phi) is 2.78. The summed E-state index contributed by atoms with van der Waals surface area (Å²) >= 11 is 0. The molecule has 0 aromatic heterocycles. The first-order valence-electron chi connectivity index (χ1n) is 3.77. The number of hydrogen-bond acceptors (Lipinski definition) is 2. The molecule has 0 amide bonds. The van der Waals surface area contributed by atoms with Crippen molar-refractivity contribution >= 4 is 0 Å². The van der Waals surface area contributed by atoms with Gasteiger partial charge < -0.3 is 10.8 Å². The minimum Gasteiger partial charge on any atom is -0.394 e. The number of aliphatic hydroxyl groups excluding tert-OH is 1. The van der Waals surface area contributed by atoms with Gasteiger partial charge in [0.15, 0.2) is 0 Å². The van der Waals surface area contributed by atoms with E-state index in [2.05, 4.69) is 0 Å². The molecule has 1 atom stereocenters. The van der Waals surface area contributed by atoms with Gasteiger partial charge in [-0.15, -0.1) is 0 Å². The first-order valence-corrected chi connectivity index (χ1v) is 3.77. The molecule has 0 spiro atoms. The van der Waals surface area contributed by atoms with Crippen LogP contribution in [0.15, 0.2) is 18.2 Å². The molecule has 0 fully saturated rings. The van der Waals surface area contributed by atoms with Crippen LogP contribution in [0.5, 0.6) is 0 Å². The fourth-order valence-corrected chi connectivity index (χ4v) is 1.00. The van der Waals surface area contributed by atoms with Crippen LogP contribution in [0.4, 0.5) is 4.39 Å². The number of aryl methyl sites for hydroxylation is 1. The molecule has 3 N–H and O–H groups in total. The highest BCUT2D eigenvalue weighted by Crippen LogP contribution is 2.14. The van der Waals surface area contributed by atoms with Gasteiger partial charge in [0.25, 0.3) is 0 Å². The summed E-state index contributed by atoms with van der Waals surface area (Å²) in [6, 6.07) is 4.18. The monoisotopic (exact) mass is 169 g/mol. The lowest BCUT2D eigenvalue weighted by atomic mass is 10.1. The minimum atomic E-state index is -0.413. The predicted octanol–water partition coefficient (Wildman–Crippen LogP) is 1.13. The highest BCUT2D eigenvalue weighted by Gasteiger charge is 2.05. The fourth-order valence-electron chi connectivity index (χ4n) is 1.00. The van der Waals surface area contributed by atoms with Gasteiger partial charge in [-0.3, -0.25) is 0 Å². The van der Waals surface area contributed by atoms with Crippen molar-refractivity contribution < 1.29 is 9.50 Å². The van der Waals surface area contributed by atoms with E-state index in [4.69, 9.17) is 10.8 Å². The fraction of sp³-hybridized carbons (Fsp3) is 0.333. The predicted molar refractivity (Wildman–Crippen MR) is 45.2 cm³/mol. The Labute approximate surface area is 70.8 Å². The number of benzene rings is 1. The van der Waals surface area contributed by atoms with Gasteiger partial charge in [-0.2, -0.15) is 0 Å². The van der Waals surface area contributed by atoms with Gasteiger partial charge in [0, 0.05) is 0 Å². The van der Waals surface area contributed by atoms with E-state index in [1.54, 1.807) is 19.1 Å². The molecule has 0 heterocycles. The molecule has 2 nitrogen and oxygen atoms in total. The van der Waals surface area contributed by atoms with Crippen molar-refractivity contribution in [2.75, 3.05) is 6.61 Å². The van der Waals surface area contributed by atoms with E-state index in [0.717, 1.165) is 5.56 Å². The zero-order valence-corrected chi connectivity index (χ0v) is 6.92. The lowest BCUT2D eigenvalue weighted by Crippen LogP contribution is -2.14. The zero-order chi connectivity index (χ0) is 9.14. The zero-order valence-electron chi connectivity index (χ0n) is 6.92. The second kappa shape index (κ2) is 3.65. The van der Waals surface area contributed by atoms with Gasteiger partial charge >= 0.3 is 0 Å². The summed E-state index contributed by atoms with van der Waals surface area (Å²) in [6.45, 7) is 1.55. The van der Waals surface area contributed by atoms with Crippen LogP contribution in [0, 0.1) is 12.7 Å². The number of halogens is 1. The lowest BCUT2D eigenvalue weighted by molar-refractivity contribution is 0.268. The smallest absolute Gasteiger partial charge is 0.126 e. The van der Waals surface area contributed by atoms with Gasteiger partial charge in [0.1, 0.15) is 5.82 Å². The molecule has 0 bridgehead atoms. The van der Waals surface area contributed by atoms with Crippen LogP contribution in [0.1, 0.15) is 17.2 Å². The molecule has 0 aliphatic heterocycles. The second-order valence-electron chi connectivity index (χ2n) is 2.80. The van der Waals surface area contributed by atoms with E-state index in [1.807, 2.05) is 0 Å². The van der Waals surface area contributed by atoms with Crippen LogP contribution >= 0.6 is 0 Å². The van der Waals surface area contributed by atoms with E-state index < -0.39 is 6.04 Å². The van der Waals surface area contributed by atoms with E-state index in [0.29, 0.717) is 5.56 Å². The van der Waals surface area contributed by atoms with Crippen molar-refractivity contribution in [3.05, 3.63) is 35.1 Å². The number of aliphatic hydroxyl groups is 1. The number of nitrogens with two attached hydrogens (primary N) is 1. The largest absolute Gasteiger partial charge is 0.394 e. The standard InChI is InChI=1S/C9H12FNO/c1-6-4-7(9(11)5-12)2-3-8(6)10/h2-4,9,12H,5,11H2,1H3/t9-/m0/s1. The van der Waals surface area contributed by atoms with Crippen LogP contribution in [-0.2, 0) is 0 Å². The maximum Gasteiger partial charge on any atom is 0.126 e. The number of rotatable bonds is 2. The molecule has 0 radical (unpaired) electrons. The first kappa shape index (κ1) is 9.16. The minimum absolute atomic E-state index is 0.120. The van der Waals surface area contributed by atoms with Crippen molar-refractivity contribution in [2.45, 2.75) is 13.0 Å². The molecule has 1 aromatic rings. The van der Waals surface area contributed by atoms with Crippen molar-refractivity contribution in [1.29, 1.82) is 0 Å². The Morgan fingerprint density at radius 2 is 2.25 bits per heavy atom. The molecular formula is C9H12FNO. The molecule has 1 rings (SSSR count). The van der Waals surface area contributed by atoms with Crippen molar-refractivity contribution in [3.63, 3.8) is 0 Å². The maximum absolute atomic E-state index is 12.8. The Morgan fingerprint density at radius 3 is 2.75 bits per heavy atom. The molecule has 0 unspecified atom stereocenters. The van der Waals surface area contributed by atoms with Crippen LogP contribution in [0.25, 0.3) is 0 Å². The molecule has 0 aliphatic carbocycles. The Bertz CT molecular complexity index is 275. The van der Waals surface area contributed by atoms with Gasteiger partial charge in [0.05, 0.1) is 12.6 Å². The molecule has 1 aromatic carbocycles. The SMILES string of the molecule is Cc1cc([C@@H](N)CO)ccc1F. The average molecular weight is 169 g/mol. The summed E-state index contributed by atoms with van der Waals surface area (Å²) in [5, 5.41) is 8.73. The highest BCUT2D eigenvalue weighted by molar-refractivity contribution is 5.26. The Morgan fingerprint density at radius 1 is 1.58 bits per heavy atom. The van der Waals surface area contributed by atoms with Gasteiger partial charge in [-0.05, 0) is 24.1 Å². The van der Waals surface area contributed by atoms with Crippen molar-refractivity contribution in [1.82, 2.24) is 0 Å². The summed E-state index contributed by atoms with van der Waals surface area (Å²) in [6.07, 6.45) is 0. The highest BCUT2D eigenvalue weighted by atomic mass is 19.1. The lowest BCUT2D eigenvalue weighted by Gasteiger charge is -2.08. The van der Waals surface area contributed by atoms with Crippen molar-refractivity contribution in [3.8, 4) is 0 Å². The molecule has 0 saturated heterocycles. The van der Waals surface area contributed by atoms with Crippen LogP contribution in [0.3, 0.4) is 0 Å². The molecule has 3 heteroatoms. The maximum atomic E-state index is 12.8. The quantitative estimate of drug-likeness (QED) is 0.697. The summed E-state index contributed by atoms with van der Waals surface area (Å²) in [4.78, 5) is 0. The molecule has 0 saturated carbocycles. The normalized spacial score (nSPS) is 13.0. The molecule has 0 aliphatic rings. The van der Waals surface area contributed by atoms with E-state index in [-0.39, 0.29) is 12.4 Å². The summed E-state index contributed by atoms with van der Waals surface area (Å²) in [7, 11) is 0. The number of hydrogen-bond donors (Lipinski definition) is 2. The summed E-state index contributed by atoms with van der Waals surface area (Å²) < 4.78 is 12.8. The van der Waals surface area contributed by atoms with E-state index >= 15 is 0 Å². The molecule has 66 valence electrons. The molecule has 12 heavy (non-hydrogen) atoms. The van der Waals surface area contributed by atoms with Crippen molar-refractivity contribution in [2.24, 2.45) is 5.73 Å². The second-order valence-corrected chi connectivity index (χ2v) is 2.80. The summed E-state index contributed by atoms with van der Waals surface area (Å²) in [5.41, 5.74) is 6.85.